The largest absolute Gasteiger partial charge is 0.467 e. The summed E-state index contributed by atoms with van der Waals surface area (Å²) < 4.78 is 5.81. The highest BCUT2D eigenvalue weighted by Crippen LogP contribution is 2.42. The number of aromatic nitrogens is 2. The van der Waals surface area contributed by atoms with Gasteiger partial charge >= 0.3 is 18.0 Å². The van der Waals surface area contributed by atoms with Gasteiger partial charge in [-0.15, -0.1) is 0 Å². The lowest BCUT2D eigenvalue weighted by molar-refractivity contribution is -0.146. The molecule has 134 valence electrons. The third-order valence-corrected chi connectivity index (χ3v) is 4.47. The number of rotatable bonds is 2. The summed E-state index contributed by atoms with van der Waals surface area (Å²) in [5, 5.41) is 17.4. The molecule has 1 unspecified atom stereocenters. The number of hydrogen-bond acceptors (Lipinski definition) is 6. The number of benzene rings is 1. The van der Waals surface area contributed by atoms with Crippen molar-refractivity contribution in [3.05, 3.63) is 47.8 Å². The average Bonchev–Trinajstić information content (AvgIpc) is 3.20. The van der Waals surface area contributed by atoms with E-state index >= 15 is 0 Å². The molecule has 26 heavy (non-hydrogen) atoms. The number of hydroxylamine groups is 2. The molecule has 2 N–H and O–H groups in total. The number of ether oxygens (including phenoxy) is 1. The minimum atomic E-state index is -1.11. The molecule has 2 bridgehead atoms. The minimum absolute atomic E-state index is 0.105. The lowest BCUT2D eigenvalue weighted by atomic mass is 9.98. The third kappa shape index (κ3) is 2.30. The van der Waals surface area contributed by atoms with E-state index in [-0.39, 0.29) is 12.2 Å². The lowest BCUT2D eigenvalue weighted by Gasteiger charge is -2.27. The van der Waals surface area contributed by atoms with Crippen molar-refractivity contribution in [2.75, 3.05) is 19.0 Å². The maximum atomic E-state index is 12.4. The van der Waals surface area contributed by atoms with Crippen LogP contribution in [0.3, 0.4) is 0 Å². The van der Waals surface area contributed by atoms with E-state index in [1.807, 2.05) is 6.07 Å². The van der Waals surface area contributed by atoms with Crippen LogP contribution in [0.5, 0.6) is 0 Å². The zero-order valence-electron chi connectivity index (χ0n) is 13.7. The van der Waals surface area contributed by atoms with Crippen LogP contribution < -0.4 is 5.32 Å². The topological polar surface area (TPSA) is 117 Å². The maximum Gasteiger partial charge on any atom is 0.346 e. The first kappa shape index (κ1) is 16.1. The molecule has 0 radical (unpaired) electrons. The predicted octanol–water partition coefficient (Wildman–Crippen LogP) is 1.36. The first-order valence-electron chi connectivity index (χ1n) is 7.83. The molecule has 1 saturated heterocycles. The van der Waals surface area contributed by atoms with Crippen LogP contribution in [0.25, 0.3) is 0 Å². The van der Waals surface area contributed by atoms with E-state index < -0.39 is 30.1 Å². The van der Waals surface area contributed by atoms with Crippen molar-refractivity contribution in [3.8, 4) is 0 Å². The van der Waals surface area contributed by atoms with E-state index in [0.29, 0.717) is 16.3 Å². The second-order valence-electron chi connectivity index (χ2n) is 5.93. The van der Waals surface area contributed by atoms with Crippen LogP contribution in [-0.2, 0) is 9.53 Å². The Kier molecular flexibility index (Phi) is 3.62. The molecular formula is C16H15N5O5. The fourth-order valence-electron chi connectivity index (χ4n) is 3.23. The number of urea groups is 1. The van der Waals surface area contributed by atoms with Gasteiger partial charge in [0.05, 0.1) is 13.7 Å². The summed E-state index contributed by atoms with van der Waals surface area (Å²) in [7, 11) is 1.20. The number of esters is 1. The van der Waals surface area contributed by atoms with Gasteiger partial charge in [-0.3, -0.25) is 5.21 Å². The standard InChI is InChI=1S/C16H15N5O5/c1-26-14(22)13-12-10(11-8-19(13)16(24)21(11)25)7-20(18-12)15(23)17-9-5-3-2-4-6-9/h2-7,11,13,25H,8H2,1H3,(H,17,23)/t11-,13?/m1/s1. The Bertz CT molecular complexity index is 896. The van der Waals surface area contributed by atoms with Crippen molar-refractivity contribution in [1.29, 1.82) is 0 Å². The molecule has 4 rings (SSSR count). The SMILES string of the molecule is COC(=O)C1c2nn(C(=O)Nc3ccccc3)cc2[C@H]2CN1C(=O)N2O. The second-order valence-corrected chi connectivity index (χ2v) is 5.93. The van der Waals surface area contributed by atoms with Gasteiger partial charge in [-0.25, -0.2) is 14.4 Å². The van der Waals surface area contributed by atoms with Crippen LogP contribution in [0.2, 0.25) is 0 Å². The molecule has 3 heterocycles. The van der Waals surface area contributed by atoms with Crippen LogP contribution in [0.4, 0.5) is 15.3 Å². The molecule has 0 saturated carbocycles. The monoisotopic (exact) mass is 357 g/mol. The summed E-state index contributed by atoms with van der Waals surface area (Å²) in [6.07, 6.45) is 1.41. The average molecular weight is 357 g/mol. The Morgan fingerprint density at radius 1 is 1.31 bits per heavy atom. The van der Waals surface area contributed by atoms with Crippen LogP contribution >= 0.6 is 0 Å². The summed E-state index contributed by atoms with van der Waals surface area (Å²) in [6, 6.07) is 5.77. The molecule has 10 heteroatoms. The van der Waals surface area contributed by atoms with Gasteiger partial charge < -0.3 is 15.0 Å². The van der Waals surface area contributed by atoms with Crippen LogP contribution in [-0.4, -0.2) is 56.6 Å². The van der Waals surface area contributed by atoms with E-state index in [0.717, 1.165) is 4.68 Å². The molecule has 10 nitrogen and oxygen atoms in total. The Labute approximate surface area is 147 Å². The number of nitrogens with zero attached hydrogens (tertiary/aromatic N) is 4. The van der Waals surface area contributed by atoms with Gasteiger partial charge in [0.2, 0.25) is 0 Å². The van der Waals surface area contributed by atoms with Crippen molar-refractivity contribution in [1.82, 2.24) is 19.7 Å². The van der Waals surface area contributed by atoms with Gasteiger partial charge in [0.15, 0.2) is 6.04 Å². The quantitative estimate of drug-likeness (QED) is 0.619. The molecule has 2 aromatic rings. The molecule has 2 atom stereocenters. The molecule has 3 amide bonds. The summed E-state index contributed by atoms with van der Waals surface area (Å²) in [5.41, 5.74) is 1.22. The Morgan fingerprint density at radius 2 is 2.04 bits per heavy atom. The third-order valence-electron chi connectivity index (χ3n) is 4.47. The van der Waals surface area contributed by atoms with Crippen molar-refractivity contribution < 1.29 is 24.3 Å². The number of nitrogens with one attached hydrogen (secondary N) is 1. The normalized spacial score (nSPS) is 20.8. The van der Waals surface area contributed by atoms with Crippen LogP contribution in [0, 0.1) is 0 Å². The van der Waals surface area contributed by atoms with Gasteiger partial charge in [-0.05, 0) is 12.1 Å². The molecule has 1 aromatic carbocycles. The minimum Gasteiger partial charge on any atom is -0.467 e. The summed E-state index contributed by atoms with van der Waals surface area (Å²) in [4.78, 5) is 37.9. The van der Waals surface area contributed by atoms with Crippen LogP contribution in [0.1, 0.15) is 23.3 Å². The zero-order chi connectivity index (χ0) is 18.4. The van der Waals surface area contributed by atoms with E-state index in [1.165, 1.54) is 18.2 Å². The number of methoxy groups -OCH3 is 1. The van der Waals surface area contributed by atoms with Crippen molar-refractivity contribution in [2.24, 2.45) is 0 Å². The maximum absolute atomic E-state index is 12.4. The van der Waals surface area contributed by atoms with E-state index in [9.17, 15) is 19.6 Å². The molecule has 1 fully saturated rings. The first-order chi connectivity index (χ1) is 12.5. The Hall–Kier alpha value is -3.40. The summed E-state index contributed by atoms with van der Waals surface area (Å²) in [6.45, 7) is 0.105. The Balaban J connectivity index is 1.70. The van der Waals surface area contributed by atoms with Gasteiger partial charge in [0.1, 0.15) is 11.7 Å². The van der Waals surface area contributed by atoms with E-state index in [2.05, 4.69) is 10.4 Å². The van der Waals surface area contributed by atoms with Crippen molar-refractivity contribution in [2.45, 2.75) is 12.1 Å². The van der Waals surface area contributed by atoms with Gasteiger partial charge in [-0.1, -0.05) is 18.2 Å². The highest BCUT2D eigenvalue weighted by atomic mass is 16.5. The van der Waals surface area contributed by atoms with Crippen molar-refractivity contribution >= 4 is 23.7 Å². The van der Waals surface area contributed by atoms with Crippen LogP contribution in [0.15, 0.2) is 36.5 Å². The van der Waals surface area contributed by atoms with Gasteiger partial charge in [0.25, 0.3) is 0 Å². The number of fused-ring (bicyclic) bond motifs is 4. The molecule has 2 aliphatic heterocycles. The number of hydrogen-bond donors (Lipinski definition) is 2. The zero-order valence-corrected chi connectivity index (χ0v) is 13.7. The van der Waals surface area contributed by atoms with E-state index in [4.69, 9.17) is 4.74 Å². The number of para-hydroxylation sites is 1. The first-order valence-corrected chi connectivity index (χ1v) is 7.83. The van der Waals surface area contributed by atoms with Gasteiger partial charge in [-0.2, -0.15) is 14.8 Å². The highest BCUT2D eigenvalue weighted by Gasteiger charge is 2.52. The summed E-state index contributed by atoms with van der Waals surface area (Å²) in [5.74, 6) is -0.693. The van der Waals surface area contributed by atoms with Crippen molar-refractivity contribution in [3.63, 3.8) is 0 Å². The number of amides is 3. The predicted molar refractivity (Wildman–Crippen MR) is 86.3 cm³/mol. The number of carbonyl (C=O) groups is 3. The number of carbonyl (C=O) groups excluding carboxylic acids is 3. The fraction of sp³-hybridized carbons (Fsp3) is 0.250. The van der Waals surface area contributed by atoms with E-state index in [1.54, 1.807) is 24.3 Å². The lowest BCUT2D eigenvalue weighted by Crippen LogP contribution is -2.39. The Morgan fingerprint density at radius 3 is 2.73 bits per heavy atom. The molecule has 1 aromatic heterocycles. The number of anilines is 1. The highest BCUT2D eigenvalue weighted by molar-refractivity contribution is 5.91. The smallest absolute Gasteiger partial charge is 0.346 e. The molecule has 0 spiro atoms. The second kappa shape index (κ2) is 5.85. The van der Waals surface area contributed by atoms with Gasteiger partial charge in [0, 0.05) is 17.4 Å². The summed E-state index contributed by atoms with van der Waals surface area (Å²) >= 11 is 0. The molecule has 2 aliphatic rings. The molecule has 0 aliphatic carbocycles. The fourth-order valence-corrected chi connectivity index (χ4v) is 3.23. The molecular weight excluding hydrogens is 342 g/mol.